The summed E-state index contributed by atoms with van der Waals surface area (Å²) >= 11 is 0. The highest BCUT2D eigenvalue weighted by Crippen LogP contribution is 2.19. The van der Waals surface area contributed by atoms with Gasteiger partial charge in [0.2, 0.25) is 0 Å². The molecule has 1 aliphatic heterocycles. The van der Waals surface area contributed by atoms with Gasteiger partial charge in [0.25, 0.3) is 0 Å². The van der Waals surface area contributed by atoms with Gasteiger partial charge in [-0.25, -0.2) is 0 Å². The summed E-state index contributed by atoms with van der Waals surface area (Å²) in [4.78, 5) is 2.40. The van der Waals surface area contributed by atoms with Gasteiger partial charge in [-0.15, -0.1) is 0 Å². The van der Waals surface area contributed by atoms with Crippen molar-refractivity contribution in [1.82, 2.24) is 4.90 Å². The van der Waals surface area contributed by atoms with E-state index in [1.54, 1.807) is 0 Å². The third-order valence-corrected chi connectivity index (χ3v) is 3.55. The zero-order valence-corrected chi connectivity index (χ0v) is 11.5. The molecule has 3 heteroatoms. The Morgan fingerprint density at radius 2 is 2.22 bits per heavy atom. The molecule has 1 atom stereocenters. The van der Waals surface area contributed by atoms with Crippen LogP contribution in [0.1, 0.15) is 24.0 Å². The van der Waals surface area contributed by atoms with Crippen molar-refractivity contribution in [1.29, 1.82) is 0 Å². The Hall–Kier alpha value is -1.06. The fourth-order valence-electron chi connectivity index (χ4n) is 2.44. The Balaban J connectivity index is 1.79. The number of hydrogen-bond acceptors (Lipinski definition) is 3. The first-order valence-corrected chi connectivity index (χ1v) is 6.83. The molecule has 0 unspecified atom stereocenters. The van der Waals surface area contributed by atoms with Crippen LogP contribution in [-0.4, -0.2) is 37.2 Å². The molecule has 0 saturated carbocycles. The van der Waals surface area contributed by atoms with E-state index in [2.05, 4.69) is 36.9 Å². The van der Waals surface area contributed by atoms with Crippen LogP contribution in [-0.2, 0) is 0 Å². The predicted molar refractivity (Wildman–Crippen MR) is 75.1 cm³/mol. The van der Waals surface area contributed by atoms with Crippen molar-refractivity contribution in [2.24, 2.45) is 5.73 Å². The molecule has 1 aliphatic rings. The predicted octanol–water partition coefficient (Wildman–Crippen LogP) is 2.11. The Morgan fingerprint density at radius 1 is 1.39 bits per heavy atom. The van der Waals surface area contributed by atoms with Crippen molar-refractivity contribution < 1.29 is 4.74 Å². The van der Waals surface area contributed by atoms with Gasteiger partial charge in [0.05, 0.1) is 0 Å². The number of rotatable bonds is 4. The summed E-state index contributed by atoms with van der Waals surface area (Å²) in [5.74, 6) is 1.01. The van der Waals surface area contributed by atoms with Crippen molar-refractivity contribution in [2.75, 3.05) is 26.2 Å². The Labute approximate surface area is 110 Å². The van der Waals surface area contributed by atoms with Gasteiger partial charge in [0.15, 0.2) is 0 Å². The number of ether oxygens (including phenoxy) is 1. The highest BCUT2D eigenvalue weighted by atomic mass is 16.5. The van der Waals surface area contributed by atoms with Gasteiger partial charge in [0.1, 0.15) is 12.4 Å². The number of nitrogens with two attached hydrogens (primary N) is 1. The molecule has 1 saturated heterocycles. The molecule has 100 valence electrons. The molecule has 0 aromatic heterocycles. The SMILES string of the molecule is Cc1ccc(C)c(OCCN2CCC[C@@H](N)C2)c1. The van der Waals surface area contributed by atoms with E-state index in [0.717, 1.165) is 38.4 Å². The molecule has 1 aromatic rings. The molecule has 2 rings (SSSR count). The van der Waals surface area contributed by atoms with Crippen LogP contribution in [0.25, 0.3) is 0 Å². The fraction of sp³-hybridized carbons (Fsp3) is 0.600. The fourth-order valence-corrected chi connectivity index (χ4v) is 2.44. The molecule has 1 fully saturated rings. The van der Waals surface area contributed by atoms with Gasteiger partial charge in [-0.1, -0.05) is 12.1 Å². The maximum Gasteiger partial charge on any atom is 0.122 e. The van der Waals surface area contributed by atoms with Crippen molar-refractivity contribution >= 4 is 0 Å². The number of piperidine rings is 1. The van der Waals surface area contributed by atoms with Gasteiger partial charge < -0.3 is 10.5 Å². The van der Waals surface area contributed by atoms with Crippen LogP contribution in [0, 0.1) is 13.8 Å². The third-order valence-electron chi connectivity index (χ3n) is 3.55. The van der Waals surface area contributed by atoms with Crippen molar-refractivity contribution in [3.05, 3.63) is 29.3 Å². The van der Waals surface area contributed by atoms with Crippen LogP contribution < -0.4 is 10.5 Å². The molecule has 0 aliphatic carbocycles. The molecule has 0 bridgehead atoms. The van der Waals surface area contributed by atoms with E-state index in [0.29, 0.717) is 6.04 Å². The zero-order valence-electron chi connectivity index (χ0n) is 11.5. The molecule has 3 nitrogen and oxygen atoms in total. The van der Waals surface area contributed by atoms with Crippen molar-refractivity contribution in [3.63, 3.8) is 0 Å². The molecule has 18 heavy (non-hydrogen) atoms. The van der Waals surface area contributed by atoms with Crippen LogP contribution >= 0.6 is 0 Å². The lowest BCUT2D eigenvalue weighted by molar-refractivity contribution is 0.171. The van der Waals surface area contributed by atoms with Gasteiger partial charge in [-0.2, -0.15) is 0 Å². The summed E-state index contributed by atoms with van der Waals surface area (Å²) < 4.78 is 5.87. The molecule has 1 heterocycles. The second-order valence-corrected chi connectivity index (χ2v) is 5.32. The van der Waals surface area contributed by atoms with Crippen LogP contribution in [0.15, 0.2) is 18.2 Å². The number of hydrogen-bond donors (Lipinski definition) is 1. The Morgan fingerprint density at radius 3 is 3.00 bits per heavy atom. The minimum absolute atomic E-state index is 0.347. The Kier molecular flexibility index (Phi) is 4.61. The first kappa shape index (κ1) is 13.4. The monoisotopic (exact) mass is 248 g/mol. The van der Waals surface area contributed by atoms with E-state index in [1.165, 1.54) is 17.5 Å². The minimum atomic E-state index is 0.347. The molecule has 1 aromatic carbocycles. The van der Waals surface area contributed by atoms with E-state index < -0.39 is 0 Å². The summed E-state index contributed by atoms with van der Waals surface area (Å²) in [6.07, 6.45) is 2.37. The summed E-state index contributed by atoms with van der Waals surface area (Å²) in [5.41, 5.74) is 8.42. The van der Waals surface area contributed by atoms with E-state index in [-0.39, 0.29) is 0 Å². The highest BCUT2D eigenvalue weighted by Gasteiger charge is 2.16. The normalized spacial score (nSPS) is 20.9. The van der Waals surface area contributed by atoms with E-state index in [9.17, 15) is 0 Å². The van der Waals surface area contributed by atoms with Gasteiger partial charge in [-0.05, 0) is 50.4 Å². The second kappa shape index (κ2) is 6.21. The van der Waals surface area contributed by atoms with Gasteiger partial charge in [0, 0.05) is 19.1 Å². The smallest absolute Gasteiger partial charge is 0.122 e. The zero-order chi connectivity index (χ0) is 13.0. The van der Waals surface area contributed by atoms with Gasteiger partial charge >= 0.3 is 0 Å². The third kappa shape index (κ3) is 3.72. The largest absolute Gasteiger partial charge is 0.492 e. The van der Waals surface area contributed by atoms with Crippen molar-refractivity contribution in [2.45, 2.75) is 32.7 Å². The molecule has 2 N–H and O–H groups in total. The first-order valence-electron chi connectivity index (χ1n) is 6.83. The van der Waals surface area contributed by atoms with Crippen LogP contribution in [0.4, 0.5) is 0 Å². The standard InChI is InChI=1S/C15H24N2O/c1-12-5-6-13(2)15(10-12)18-9-8-17-7-3-4-14(16)11-17/h5-6,10,14H,3-4,7-9,11,16H2,1-2H3/t14-/m1/s1. The summed E-state index contributed by atoms with van der Waals surface area (Å²) in [6.45, 7) is 8.07. The quantitative estimate of drug-likeness (QED) is 0.887. The average Bonchev–Trinajstić information content (AvgIpc) is 2.34. The number of nitrogens with zero attached hydrogens (tertiary/aromatic N) is 1. The summed E-state index contributed by atoms with van der Waals surface area (Å²) in [6, 6.07) is 6.68. The maximum absolute atomic E-state index is 5.97. The summed E-state index contributed by atoms with van der Waals surface area (Å²) in [7, 11) is 0. The molecule has 0 amide bonds. The molecule has 0 spiro atoms. The number of likely N-dealkylation sites (tertiary alicyclic amines) is 1. The van der Waals surface area contributed by atoms with Crippen LogP contribution in [0.2, 0.25) is 0 Å². The van der Waals surface area contributed by atoms with Crippen LogP contribution in [0.3, 0.4) is 0 Å². The number of aryl methyl sites for hydroxylation is 2. The molecular weight excluding hydrogens is 224 g/mol. The topological polar surface area (TPSA) is 38.5 Å². The lowest BCUT2D eigenvalue weighted by Gasteiger charge is -2.30. The first-order chi connectivity index (χ1) is 8.65. The lowest BCUT2D eigenvalue weighted by atomic mass is 10.1. The molecule has 0 radical (unpaired) electrons. The van der Waals surface area contributed by atoms with Gasteiger partial charge in [-0.3, -0.25) is 4.90 Å². The lowest BCUT2D eigenvalue weighted by Crippen LogP contribution is -2.44. The molecular formula is C15H24N2O. The highest BCUT2D eigenvalue weighted by molar-refractivity contribution is 5.35. The van der Waals surface area contributed by atoms with Crippen molar-refractivity contribution in [3.8, 4) is 5.75 Å². The Bertz CT molecular complexity index is 392. The summed E-state index contributed by atoms with van der Waals surface area (Å²) in [5, 5.41) is 0. The number of benzene rings is 1. The van der Waals surface area contributed by atoms with E-state index in [1.807, 2.05) is 0 Å². The average molecular weight is 248 g/mol. The van der Waals surface area contributed by atoms with Crippen LogP contribution in [0.5, 0.6) is 5.75 Å². The second-order valence-electron chi connectivity index (χ2n) is 5.32. The minimum Gasteiger partial charge on any atom is -0.492 e. The van der Waals surface area contributed by atoms with E-state index >= 15 is 0 Å². The maximum atomic E-state index is 5.97. The van der Waals surface area contributed by atoms with E-state index in [4.69, 9.17) is 10.5 Å².